The van der Waals surface area contributed by atoms with Gasteiger partial charge in [-0.3, -0.25) is 0 Å². The zero-order valence-electron chi connectivity index (χ0n) is 11.8. The van der Waals surface area contributed by atoms with E-state index < -0.39 is 0 Å². The molecule has 0 spiro atoms. The van der Waals surface area contributed by atoms with Crippen LogP contribution in [0.4, 0.5) is 0 Å². The van der Waals surface area contributed by atoms with E-state index in [0.717, 1.165) is 17.1 Å². The van der Waals surface area contributed by atoms with E-state index in [4.69, 9.17) is 5.73 Å². The fourth-order valence-corrected chi connectivity index (χ4v) is 3.96. The van der Waals surface area contributed by atoms with Crippen LogP contribution in [-0.4, -0.2) is 15.2 Å². The highest BCUT2D eigenvalue weighted by molar-refractivity contribution is 7.99. The third-order valence-corrected chi connectivity index (χ3v) is 5.10. The minimum atomic E-state index is 0.0531. The molecule has 2 aromatic rings. The van der Waals surface area contributed by atoms with E-state index in [1.165, 1.54) is 11.1 Å². The quantitative estimate of drug-likeness (QED) is 0.859. The predicted octanol–water partition coefficient (Wildman–Crippen LogP) is 3.45. The molecule has 0 saturated carbocycles. The summed E-state index contributed by atoms with van der Waals surface area (Å²) in [6.45, 7) is 4.27. The van der Waals surface area contributed by atoms with Crippen molar-refractivity contribution in [3.8, 4) is 0 Å². The highest BCUT2D eigenvalue weighted by Gasteiger charge is 2.31. The number of benzene rings is 1. The summed E-state index contributed by atoms with van der Waals surface area (Å²) in [6, 6.07) is 8.57. The van der Waals surface area contributed by atoms with E-state index in [0.29, 0.717) is 11.2 Å². The lowest BCUT2D eigenvalue weighted by molar-refractivity contribution is 0.526. The molecule has 0 bridgehead atoms. The van der Waals surface area contributed by atoms with Crippen LogP contribution in [0, 0.1) is 6.92 Å². The number of aromatic nitrogens is 2. The third kappa shape index (κ3) is 2.58. The maximum atomic E-state index is 6.45. The summed E-state index contributed by atoms with van der Waals surface area (Å²) < 4.78 is 0. The fourth-order valence-electron chi connectivity index (χ4n) is 2.78. The van der Waals surface area contributed by atoms with Crippen molar-refractivity contribution in [2.24, 2.45) is 5.73 Å². The van der Waals surface area contributed by atoms with Crippen LogP contribution in [0.2, 0.25) is 0 Å². The molecular weight excluding hydrogens is 266 g/mol. The Kier molecular flexibility index (Phi) is 3.76. The van der Waals surface area contributed by atoms with Gasteiger partial charge in [-0.05, 0) is 36.0 Å². The number of fused-ring (bicyclic) bond motifs is 1. The van der Waals surface area contributed by atoms with Gasteiger partial charge in [0.25, 0.3) is 0 Å². The van der Waals surface area contributed by atoms with Crippen molar-refractivity contribution in [2.45, 2.75) is 42.6 Å². The second kappa shape index (κ2) is 5.54. The molecular formula is C16H19N3S. The van der Waals surface area contributed by atoms with Gasteiger partial charge in [0.1, 0.15) is 0 Å². The number of hydrogen-bond acceptors (Lipinski definition) is 4. The number of nitrogens with zero attached hydrogens (tertiary/aromatic N) is 2. The second-order valence-electron chi connectivity index (χ2n) is 5.49. The molecule has 0 amide bonds. The molecule has 0 fully saturated rings. The minimum absolute atomic E-state index is 0.0531. The summed E-state index contributed by atoms with van der Waals surface area (Å²) in [5.74, 6) is 0.536. The summed E-state index contributed by atoms with van der Waals surface area (Å²) in [6.07, 6.45) is 4.79. The van der Waals surface area contributed by atoms with E-state index >= 15 is 0 Å². The summed E-state index contributed by atoms with van der Waals surface area (Å²) in [5, 5.41) is 1.16. The minimum Gasteiger partial charge on any atom is -0.323 e. The average molecular weight is 285 g/mol. The first-order chi connectivity index (χ1) is 9.65. The SMILES string of the molecule is Cc1cnc(SC2CC(C)c3ccccc3C2N)nc1. The first-order valence-electron chi connectivity index (χ1n) is 6.95. The lowest BCUT2D eigenvalue weighted by Crippen LogP contribution is -2.31. The van der Waals surface area contributed by atoms with Gasteiger partial charge in [0.05, 0.1) is 0 Å². The molecule has 1 aliphatic carbocycles. The highest BCUT2D eigenvalue weighted by atomic mass is 32.2. The molecule has 3 atom stereocenters. The van der Waals surface area contributed by atoms with Crippen LogP contribution in [0.15, 0.2) is 41.8 Å². The molecule has 3 nitrogen and oxygen atoms in total. The highest BCUT2D eigenvalue weighted by Crippen LogP contribution is 2.42. The maximum absolute atomic E-state index is 6.45. The van der Waals surface area contributed by atoms with Gasteiger partial charge in [-0.15, -0.1) is 0 Å². The van der Waals surface area contributed by atoms with Crippen molar-refractivity contribution in [2.75, 3.05) is 0 Å². The van der Waals surface area contributed by atoms with Gasteiger partial charge in [-0.2, -0.15) is 0 Å². The summed E-state index contributed by atoms with van der Waals surface area (Å²) in [7, 11) is 0. The molecule has 104 valence electrons. The standard InChI is InChI=1S/C16H19N3S/c1-10-8-18-16(19-9-10)20-14-7-11(2)12-5-3-4-6-13(12)15(14)17/h3-6,8-9,11,14-15H,7,17H2,1-2H3. The van der Waals surface area contributed by atoms with E-state index in [1.54, 1.807) is 11.8 Å². The van der Waals surface area contributed by atoms with Crippen molar-refractivity contribution in [1.29, 1.82) is 0 Å². The zero-order valence-corrected chi connectivity index (χ0v) is 12.6. The largest absolute Gasteiger partial charge is 0.323 e. The molecule has 20 heavy (non-hydrogen) atoms. The van der Waals surface area contributed by atoms with E-state index in [2.05, 4.69) is 41.2 Å². The van der Waals surface area contributed by atoms with E-state index in [9.17, 15) is 0 Å². The molecule has 2 N–H and O–H groups in total. The Balaban J connectivity index is 1.84. The van der Waals surface area contributed by atoms with Gasteiger partial charge in [0, 0.05) is 23.7 Å². The molecule has 3 unspecified atom stereocenters. The van der Waals surface area contributed by atoms with Crippen molar-refractivity contribution < 1.29 is 0 Å². The zero-order chi connectivity index (χ0) is 14.1. The normalized spacial score (nSPS) is 25.2. The first kappa shape index (κ1) is 13.6. The molecule has 0 saturated heterocycles. The topological polar surface area (TPSA) is 51.8 Å². The molecule has 1 aromatic heterocycles. The Labute approximate surface area is 124 Å². The molecule has 1 heterocycles. The van der Waals surface area contributed by atoms with Crippen molar-refractivity contribution in [1.82, 2.24) is 9.97 Å². The average Bonchev–Trinajstić information content (AvgIpc) is 2.47. The lowest BCUT2D eigenvalue weighted by Gasteiger charge is -2.34. The van der Waals surface area contributed by atoms with Gasteiger partial charge < -0.3 is 5.73 Å². The van der Waals surface area contributed by atoms with Gasteiger partial charge in [0.2, 0.25) is 0 Å². The lowest BCUT2D eigenvalue weighted by atomic mass is 9.81. The van der Waals surface area contributed by atoms with Gasteiger partial charge >= 0.3 is 0 Å². The van der Waals surface area contributed by atoms with Crippen LogP contribution >= 0.6 is 11.8 Å². The number of aryl methyl sites for hydroxylation is 1. The van der Waals surface area contributed by atoms with Crippen molar-refractivity contribution >= 4 is 11.8 Å². The van der Waals surface area contributed by atoms with Crippen molar-refractivity contribution in [3.05, 3.63) is 53.3 Å². The smallest absolute Gasteiger partial charge is 0.187 e. The monoisotopic (exact) mass is 285 g/mol. The second-order valence-corrected chi connectivity index (χ2v) is 6.70. The van der Waals surface area contributed by atoms with Crippen LogP contribution in [0.5, 0.6) is 0 Å². The predicted molar refractivity (Wildman–Crippen MR) is 82.8 cm³/mol. The number of rotatable bonds is 2. The molecule has 4 heteroatoms. The van der Waals surface area contributed by atoms with Gasteiger partial charge in [-0.1, -0.05) is 43.0 Å². The van der Waals surface area contributed by atoms with E-state index in [1.807, 2.05) is 19.3 Å². The Hall–Kier alpha value is -1.39. The Bertz CT molecular complexity index is 597. The van der Waals surface area contributed by atoms with Crippen LogP contribution in [0.25, 0.3) is 0 Å². The van der Waals surface area contributed by atoms with Crippen molar-refractivity contribution in [3.63, 3.8) is 0 Å². The number of thioether (sulfide) groups is 1. The Morgan fingerprint density at radius 2 is 1.80 bits per heavy atom. The van der Waals surface area contributed by atoms with Gasteiger partial charge in [-0.25, -0.2) is 9.97 Å². The Morgan fingerprint density at radius 3 is 2.50 bits per heavy atom. The summed E-state index contributed by atoms with van der Waals surface area (Å²) in [5.41, 5.74) is 10.2. The summed E-state index contributed by atoms with van der Waals surface area (Å²) in [4.78, 5) is 8.77. The number of hydrogen-bond donors (Lipinski definition) is 1. The van der Waals surface area contributed by atoms with Crippen LogP contribution in [0.1, 0.15) is 42.0 Å². The summed E-state index contributed by atoms with van der Waals surface area (Å²) >= 11 is 1.70. The van der Waals surface area contributed by atoms with Gasteiger partial charge in [0.15, 0.2) is 5.16 Å². The maximum Gasteiger partial charge on any atom is 0.187 e. The van der Waals surface area contributed by atoms with Crippen LogP contribution < -0.4 is 5.73 Å². The first-order valence-corrected chi connectivity index (χ1v) is 7.83. The molecule has 1 aromatic carbocycles. The molecule has 0 aliphatic heterocycles. The van der Waals surface area contributed by atoms with Crippen LogP contribution in [0.3, 0.4) is 0 Å². The molecule has 1 aliphatic rings. The third-order valence-electron chi connectivity index (χ3n) is 3.89. The molecule has 3 rings (SSSR count). The van der Waals surface area contributed by atoms with Crippen LogP contribution in [-0.2, 0) is 0 Å². The molecule has 0 radical (unpaired) electrons. The fraction of sp³-hybridized carbons (Fsp3) is 0.375. The Morgan fingerprint density at radius 1 is 1.15 bits per heavy atom. The van der Waals surface area contributed by atoms with E-state index in [-0.39, 0.29) is 6.04 Å². The number of nitrogens with two attached hydrogens (primary N) is 1.